The fraction of sp³-hybridized carbons (Fsp3) is 0.0333. The van der Waals surface area contributed by atoms with Crippen LogP contribution in [-0.4, -0.2) is 11.5 Å². The number of amidine groups is 1. The summed E-state index contributed by atoms with van der Waals surface area (Å²) in [5.74, 6) is 0.616. The van der Waals surface area contributed by atoms with Gasteiger partial charge in [0.25, 0.3) is 0 Å². The summed E-state index contributed by atoms with van der Waals surface area (Å²) in [5.41, 5.74) is 20.8. The van der Waals surface area contributed by atoms with Crippen LogP contribution in [0.2, 0.25) is 0 Å². The number of furan rings is 1. The molecule has 296 valence electrons. The molecular formula is C60H40N2O. The van der Waals surface area contributed by atoms with Gasteiger partial charge in [-0.15, -0.1) is 0 Å². The van der Waals surface area contributed by atoms with Gasteiger partial charge in [0.05, 0.1) is 11.1 Å². The summed E-state index contributed by atoms with van der Waals surface area (Å²) in [5, 5.41) is 2.18. The van der Waals surface area contributed by atoms with Crippen molar-refractivity contribution in [2.75, 3.05) is 0 Å². The molecule has 10 aromatic rings. The Morgan fingerprint density at radius 1 is 0.413 bits per heavy atom. The van der Waals surface area contributed by atoms with E-state index >= 15 is 0 Å². The second kappa shape index (κ2) is 14.5. The summed E-state index contributed by atoms with van der Waals surface area (Å²) in [6, 6.07) is 75.8. The molecule has 0 unspecified atom stereocenters. The minimum absolute atomic E-state index is 0.398. The third kappa shape index (κ3) is 5.74. The molecule has 0 radical (unpaired) electrons. The Morgan fingerprint density at radius 2 is 0.952 bits per heavy atom. The molecule has 2 aliphatic carbocycles. The predicted octanol–water partition coefficient (Wildman–Crippen LogP) is 15.2. The fourth-order valence-corrected chi connectivity index (χ4v) is 10.2. The molecule has 1 spiro atoms. The van der Waals surface area contributed by atoms with E-state index < -0.39 is 5.41 Å². The number of fused-ring (bicyclic) bond motifs is 13. The van der Waals surface area contributed by atoms with E-state index in [9.17, 15) is 0 Å². The lowest BCUT2D eigenvalue weighted by Crippen LogP contribution is -2.25. The zero-order chi connectivity index (χ0) is 42.1. The van der Waals surface area contributed by atoms with Crippen molar-refractivity contribution in [1.82, 2.24) is 0 Å². The summed E-state index contributed by atoms with van der Waals surface area (Å²) >= 11 is 0. The van der Waals surface area contributed by atoms with Gasteiger partial charge in [-0.05, 0) is 115 Å². The maximum atomic E-state index is 6.58. The maximum Gasteiger partial charge on any atom is 0.160 e. The summed E-state index contributed by atoms with van der Waals surface area (Å²) in [4.78, 5) is 10.1. The van der Waals surface area contributed by atoms with Gasteiger partial charge >= 0.3 is 0 Å². The molecule has 0 saturated carbocycles. The van der Waals surface area contributed by atoms with Crippen LogP contribution in [0.15, 0.2) is 233 Å². The zero-order valence-electron chi connectivity index (χ0n) is 34.7. The lowest BCUT2D eigenvalue weighted by Gasteiger charge is -2.30. The normalized spacial score (nSPS) is 13.5. The highest BCUT2D eigenvalue weighted by atomic mass is 16.3. The van der Waals surface area contributed by atoms with E-state index in [0.717, 1.165) is 61.0 Å². The third-order valence-electron chi connectivity index (χ3n) is 13.1. The van der Waals surface area contributed by atoms with Crippen molar-refractivity contribution in [1.29, 1.82) is 0 Å². The standard InChI is InChI=1S/C60H40N2O/c1-38(40-17-5-3-6-18-40)61-59(41-19-7-4-8-20-41)62-39(2)42-21-15-22-45(35-42)46-26-16-30-57-58(46)51-36-43(32-34-56(51)63-57)44-31-33-50-49-25-11-14-29-54(49)60(55(50)37-44)52-27-12-9-23-47(52)48-24-10-13-28-53(48)60/h3-37H,1H2,2H3. The van der Waals surface area contributed by atoms with E-state index in [1.165, 1.54) is 50.1 Å². The van der Waals surface area contributed by atoms with Gasteiger partial charge < -0.3 is 4.42 Å². The number of nitrogens with zero attached hydrogens (tertiary/aromatic N) is 2. The van der Waals surface area contributed by atoms with Crippen molar-refractivity contribution in [2.24, 2.45) is 9.98 Å². The predicted molar refractivity (Wildman–Crippen MR) is 262 cm³/mol. The zero-order valence-corrected chi connectivity index (χ0v) is 34.7. The average molecular weight is 805 g/mol. The fourth-order valence-electron chi connectivity index (χ4n) is 10.2. The smallest absolute Gasteiger partial charge is 0.160 e. The van der Waals surface area contributed by atoms with Crippen LogP contribution in [0.5, 0.6) is 0 Å². The van der Waals surface area contributed by atoms with Crippen molar-refractivity contribution < 1.29 is 4.42 Å². The van der Waals surface area contributed by atoms with Crippen LogP contribution in [0.3, 0.4) is 0 Å². The lowest BCUT2D eigenvalue weighted by atomic mass is 9.70. The lowest BCUT2D eigenvalue weighted by molar-refractivity contribution is 0.669. The molecule has 0 atom stereocenters. The van der Waals surface area contributed by atoms with Gasteiger partial charge in [0, 0.05) is 22.0 Å². The molecule has 0 N–H and O–H groups in total. The number of aliphatic imine (C=N–C) groups is 2. The molecule has 0 aliphatic heterocycles. The second-order valence-electron chi connectivity index (χ2n) is 16.5. The molecule has 0 saturated heterocycles. The first-order valence-corrected chi connectivity index (χ1v) is 21.5. The van der Waals surface area contributed by atoms with Gasteiger partial charge in [-0.1, -0.05) is 189 Å². The first-order valence-electron chi connectivity index (χ1n) is 21.5. The van der Waals surface area contributed by atoms with Crippen LogP contribution in [0.4, 0.5) is 0 Å². The van der Waals surface area contributed by atoms with Gasteiger partial charge in [0.1, 0.15) is 11.2 Å². The molecule has 9 aromatic carbocycles. The number of rotatable bonds is 6. The topological polar surface area (TPSA) is 37.9 Å². The molecule has 63 heavy (non-hydrogen) atoms. The Balaban J connectivity index is 0.966. The molecule has 0 bridgehead atoms. The first kappa shape index (κ1) is 36.7. The van der Waals surface area contributed by atoms with E-state index in [-0.39, 0.29) is 0 Å². The molecule has 1 heterocycles. The van der Waals surface area contributed by atoms with E-state index in [4.69, 9.17) is 14.4 Å². The largest absolute Gasteiger partial charge is 0.456 e. The molecule has 3 heteroatoms. The van der Waals surface area contributed by atoms with E-state index in [1.807, 2.05) is 67.6 Å². The summed E-state index contributed by atoms with van der Waals surface area (Å²) in [7, 11) is 0. The maximum absolute atomic E-state index is 6.58. The van der Waals surface area contributed by atoms with Crippen LogP contribution in [0, 0.1) is 0 Å². The van der Waals surface area contributed by atoms with Crippen LogP contribution < -0.4 is 0 Å². The molecule has 12 rings (SSSR count). The summed E-state index contributed by atoms with van der Waals surface area (Å²) in [6.45, 7) is 6.34. The van der Waals surface area contributed by atoms with Gasteiger partial charge in [-0.2, -0.15) is 0 Å². The average Bonchev–Trinajstić information content (AvgIpc) is 3.98. The Labute approximate surface area is 366 Å². The first-order chi connectivity index (χ1) is 31.1. The van der Waals surface area contributed by atoms with Gasteiger partial charge in [0.2, 0.25) is 0 Å². The van der Waals surface area contributed by atoms with Crippen molar-refractivity contribution in [2.45, 2.75) is 12.3 Å². The number of benzene rings is 9. The van der Waals surface area contributed by atoms with Crippen molar-refractivity contribution in [3.63, 3.8) is 0 Å². The summed E-state index contributed by atoms with van der Waals surface area (Å²) < 4.78 is 6.58. The minimum atomic E-state index is -0.398. The monoisotopic (exact) mass is 804 g/mol. The Kier molecular flexibility index (Phi) is 8.45. The molecule has 2 aliphatic rings. The summed E-state index contributed by atoms with van der Waals surface area (Å²) in [6.07, 6.45) is 0. The van der Waals surface area contributed by atoms with E-state index in [2.05, 4.69) is 158 Å². The van der Waals surface area contributed by atoms with Crippen LogP contribution >= 0.6 is 0 Å². The Morgan fingerprint density at radius 3 is 1.63 bits per heavy atom. The number of hydrogen-bond donors (Lipinski definition) is 0. The van der Waals surface area contributed by atoms with Crippen LogP contribution in [0.1, 0.15) is 45.9 Å². The third-order valence-corrected chi connectivity index (χ3v) is 13.1. The van der Waals surface area contributed by atoms with E-state index in [1.54, 1.807) is 0 Å². The van der Waals surface area contributed by atoms with Crippen molar-refractivity contribution in [3.05, 3.63) is 258 Å². The molecule has 0 fully saturated rings. The Hall–Kier alpha value is -8.14. The molecule has 0 amide bonds. The highest BCUT2D eigenvalue weighted by Gasteiger charge is 2.51. The Bertz CT molecular complexity index is 3470. The quantitative estimate of drug-likeness (QED) is 0.122. The molecular weight excluding hydrogens is 765 g/mol. The van der Waals surface area contributed by atoms with Gasteiger partial charge in [-0.25, -0.2) is 9.98 Å². The minimum Gasteiger partial charge on any atom is -0.456 e. The highest BCUT2D eigenvalue weighted by Crippen LogP contribution is 2.63. The molecule has 1 aromatic heterocycles. The SMILES string of the molecule is C=C(N=C(N=C(C)c1cccc(-c2cccc3oc4ccc(-c5ccc6c(c5)C5(c7ccccc7-c7ccccc75)c5ccccc5-6)cc4c23)c1)c1ccccc1)c1ccccc1. The van der Waals surface area contributed by atoms with Crippen molar-refractivity contribution >= 4 is 39.2 Å². The van der Waals surface area contributed by atoms with Gasteiger partial charge in [0.15, 0.2) is 5.84 Å². The second-order valence-corrected chi connectivity index (χ2v) is 16.5. The van der Waals surface area contributed by atoms with E-state index in [0.29, 0.717) is 11.5 Å². The van der Waals surface area contributed by atoms with Gasteiger partial charge in [-0.3, -0.25) is 0 Å². The molecule has 3 nitrogen and oxygen atoms in total. The number of hydrogen-bond acceptors (Lipinski definition) is 2. The highest BCUT2D eigenvalue weighted by molar-refractivity contribution is 6.15. The van der Waals surface area contributed by atoms with Crippen LogP contribution in [-0.2, 0) is 5.41 Å². The van der Waals surface area contributed by atoms with Crippen molar-refractivity contribution in [3.8, 4) is 44.5 Å². The van der Waals surface area contributed by atoms with Crippen LogP contribution in [0.25, 0.3) is 72.1 Å².